The maximum atomic E-state index is 13.3. The van der Waals surface area contributed by atoms with E-state index in [1.165, 1.54) is 6.07 Å². The molecule has 1 unspecified atom stereocenters. The van der Waals surface area contributed by atoms with Gasteiger partial charge in [-0.1, -0.05) is 12.1 Å². The molecule has 0 aliphatic rings. The lowest BCUT2D eigenvalue weighted by atomic mass is 10.2. The third kappa shape index (κ3) is 3.76. The lowest BCUT2D eigenvalue weighted by Crippen LogP contribution is -2.24. The third-order valence-corrected chi connectivity index (χ3v) is 2.17. The van der Waals surface area contributed by atoms with E-state index in [-0.39, 0.29) is 5.38 Å². The molecule has 0 saturated heterocycles. The van der Waals surface area contributed by atoms with Crippen LogP contribution in [0.15, 0.2) is 18.2 Å². The second-order valence-electron chi connectivity index (χ2n) is 3.69. The second-order valence-corrected chi connectivity index (χ2v) is 4.44. The van der Waals surface area contributed by atoms with Crippen LogP contribution in [0.25, 0.3) is 0 Å². The summed E-state index contributed by atoms with van der Waals surface area (Å²) >= 11 is 5.80. The Labute approximate surface area is 93.7 Å². The van der Waals surface area contributed by atoms with Gasteiger partial charge < -0.3 is 4.90 Å². The van der Waals surface area contributed by atoms with Crippen LogP contribution in [0, 0.1) is 11.6 Å². The molecule has 1 atom stereocenters. The van der Waals surface area contributed by atoms with Crippen molar-refractivity contribution in [1.29, 1.82) is 0 Å². The Bertz CT molecular complexity index is 328. The van der Waals surface area contributed by atoms with E-state index in [1.54, 1.807) is 6.07 Å². The number of hydrogen-bond acceptors (Lipinski definition) is 1. The number of nitrogens with zero attached hydrogens (tertiary/aromatic N) is 1. The van der Waals surface area contributed by atoms with Crippen molar-refractivity contribution in [2.45, 2.75) is 18.8 Å². The summed E-state index contributed by atoms with van der Waals surface area (Å²) in [5.41, 5.74) is 0.356. The normalized spacial score (nSPS) is 13.2. The van der Waals surface area contributed by atoms with Crippen LogP contribution in [0.3, 0.4) is 0 Å². The van der Waals surface area contributed by atoms with Gasteiger partial charge in [0.15, 0.2) is 11.6 Å². The van der Waals surface area contributed by atoms with Crippen LogP contribution in [0.1, 0.15) is 12.5 Å². The number of rotatable bonds is 4. The maximum Gasteiger partial charge on any atom is 0.163 e. The highest BCUT2D eigenvalue weighted by atomic mass is 35.5. The van der Waals surface area contributed by atoms with Crippen molar-refractivity contribution < 1.29 is 8.78 Å². The van der Waals surface area contributed by atoms with Gasteiger partial charge in [-0.15, -0.1) is 11.6 Å². The van der Waals surface area contributed by atoms with Gasteiger partial charge in [-0.25, -0.2) is 8.78 Å². The molecule has 0 N–H and O–H groups in total. The summed E-state index contributed by atoms with van der Waals surface area (Å²) in [5, 5.41) is -0.00776. The Morgan fingerprint density at radius 2 is 2.07 bits per heavy atom. The van der Waals surface area contributed by atoms with E-state index in [2.05, 4.69) is 0 Å². The Hall–Kier alpha value is -0.670. The third-order valence-electron chi connectivity index (χ3n) is 2.04. The lowest BCUT2D eigenvalue weighted by Gasteiger charge is -2.18. The topological polar surface area (TPSA) is 3.24 Å². The Balaban J connectivity index is 2.68. The van der Waals surface area contributed by atoms with E-state index in [1.807, 2.05) is 18.9 Å². The maximum absolute atomic E-state index is 13.3. The van der Waals surface area contributed by atoms with E-state index in [9.17, 15) is 8.78 Å². The molecular weight excluding hydrogens is 220 g/mol. The Morgan fingerprint density at radius 1 is 1.40 bits per heavy atom. The zero-order valence-corrected chi connectivity index (χ0v) is 9.56. The highest BCUT2D eigenvalue weighted by molar-refractivity contribution is 6.20. The van der Waals surface area contributed by atoms with Crippen molar-refractivity contribution in [3.63, 3.8) is 0 Å². The van der Waals surface area contributed by atoms with Crippen LogP contribution >= 0.6 is 11.6 Å². The molecule has 0 aromatic heterocycles. The van der Waals surface area contributed by atoms with Crippen molar-refractivity contribution in [1.82, 2.24) is 4.90 Å². The minimum absolute atomic E-state index is 0.00776. The molecule has 1 rings (SSSR count). The van der Waals surface area contributed by atoms with Gasteiger partial charge in [-0.05, 0) is 20.0 Å². The second kappa shape index (κ2) is 5.42. The first-order valence-electron chi connectivity index (χ1n) is 4.76. The molecule has 0 heterocycles. The van der Waals surface area contributed by atoms with E-state index in [4.69, 9.17) is 11.6 Å². The van der Waals surface area contributed by atoms with E-state index in [0.29, 0.717) is 18.7 Å². The zero-order chi connectivity index (χ0) is 11.4. The number of benzene rings is 1. The van der Waals surface area contributed by atoms with Gasteiger partial charge in [-0.2, -0.15) is 0 Å². The molecule has 1 aromatic carbocycles. The summed E-state index contributed by atoms with van der Waals surface area (Å²) in [5.74, 6) is -1.58. The molecule has 0 radical (unpaired) electrons. The number of halogens is 3. The van der Waals surface area contributed by atoms with E-state index >= 15 is 0 Å². The zero-order valence-electron chi connectivity index (χ0n) is 8.80. The number of alkyl halides is 1. The van der Waals surface area contributed by atoms with Crippen molar-refractivity contribution in [2.75, 3.05) is 13.6 Å². The smallest absolute Gasteiger partial charge is 0.163 e. The van der Waals surface area contributed by atoms with Crippen molar-refractivity contribution in [2.24, 2.45) is 0 Å². The molecule has 1 aromatic rings. The van der Waals surface area contributed by atoms with Gasteiger partial charge in [0.1, 0.15) is 0 Å². The highest BCUT2D eigenvalue weighted by Crippen LogP contribution is 2.13. The summed E-state index contributed by atoms with van der Waals surface area (Å²) < 4.78 is 26.1. The fraction of sp³-hybridized carbons (Fsp3) is 0.455. The van der Waals surface area contributed by atoms with Crippen molar-refractivity contribution in [3.8, 4) is 0 Å². The van der Waals surface area contributed by atoms with Crippen molar-refractivity contribution >= 4 is 11.6 Å². The van der Waals surface area contributed by atoms with Gasteiger partial charge in [0.05, 0.1) is 0 Å². The quantitative estimate of drug-likeness (QED) is 0.723. The van der Waals surface area contributed by atoms with Crippen LogP contribution in [0.2, 0.25) is 0 Å². The van der Waals surface area contributed by atoms with Gasteiger partial charge in [0.2, 0.25) is 0 Å². The molecule has 0 aliphatic carbocycles. The summed E-state index contributed by atoms with van der Waals surface area (Å²) in [6.45, 7) is 2.86. The van der Waals surface area contributed by atoms with Gasteiger partial charge >= 0.3 is 0 Å². The predicted molar refractivity (Wildman–Crippen MR) is 58.0 cm³/mol. The fourth-order valence-electron chi connectivity index (χ4n) is 1.46. The molecule has 0 fully saturated rings. The van der Waals surface area contributed by atoms with Gasteiger partial charge in [0, 0.05) is 24.0 Å². The van der Waals surface area contributed by atoms with Crippen LogP contribution in [-0.2, 0) is 6.54 Å². The summed E-state index contributed by atoms with van der Waals surface area (Å²) in [4.78, 5) is 1.86. The largest absolute Gasteiger partial charge is 0.301 e. The standard InChI is InChI=1S/C11H14ClF2N/c1-8(12)6-15(2)7-9-4-3-5-10(13)11(9)14/h3-5,8H,6-7H2,1-2H3. The van der Waals surface area contributed by atoms with Gasteiger partial charge in [-0.3, -0.25) is 0 Å². The molecule has 0 bridgehead atoms. The first-order valence-corrected chi connectivity index (χ1v) is 5.20. The molecule has 0 spiro atoms. The average Bonchev–Trinajstić information content (AvgIpc) is 2.11. The summed E-state index contributed by atoms with van der Waals surface area (Å²) in [6, 6.07) is 4.20. The Morgan fingerprint density at radius 3 is 2.67 bits per heavy atom. The molecule has 0 aliphatic heterocycles. The van der Waals surface area contributed by atoms with Crippen LogP contribution in [-0.4, -0.2) is 23.9 Å². The fourth-order valence-corrected chi connectivity index (χ4v) is 1.69. The van der Waals surface area contributed by atoms with Crippen LogP contribution in [0.5, 0.6) is 0 Å². The molecule has 0 amide bonds. The molecule has 15 heavy (non-hydrogen) atoms. The summed E-state index contributed by atoms with van der Waals surface area (Å²) in [6.07, 6.45) is 0. The predicted octanol–water partition coefficient (Wildman–Crippen LogP) is 3.02. The number of hydrogen-bond donors (Lipinski definition) is 0. The van der Waals surface area contributed by atoms with Crippen LogP contribution in [0.4, 0.5) is 8.78 Å². The first-order chi connectivity index (χ1) is 7.00. The highest BCUT2D eigenvalue weighted by Gasteiger charge is 2.10. The van der Waals surface area contributed by atoms with Crippen LogP contribution < -0.4 is 0 Å². The van der Waals surface area contributed by atoms with Crippen molar-refractivity contribution in [3.05, 3.63) is 35.4 Å². The summed E-state index contributed by atoms with van der Waals surface area (Å²) in [7, 11) is 1.82. The molecule has 4 heteroatoms. The van der Waals surface area contributed by atoms with E-state index in [0.717, 1.165) is 6.07 Å². The molecule has 0 saturated carbocycles. The average molecular weight is 234 g/mol. The minimum Gasteiger partial charge on any atom is -0.301 e. The SMILES string of the molecule is CC(Cl)CN(C)Cc1cccc(F)c1F. The minimum atomic E-state index is -0.806. The lowest BCUT2D eigenvalue weighted by molar-refractivity contribution is 0.321. The molecular formula is C11H14ClF2N. The monoisotopic (exact) mass is 233 g/mol. The first kappa shape index (κ1) is 12.4. The molecule has 1 nitrogen and oxygen atoms in total. The van der Waals surface area contributed by atoms with Gasteiger partial charge in [0.25, 0.3) is 0 Å². The van der Waals surface area contributed by atoms with E-state index < -0.39 is 11.6 Å². The molecule has 84 valence electrons. The Kier molecular flexibility index (Phi) is 4.48.